The van der Waals surface area contributed by atoms with E-state index >= 15 is 0 Å². The molecular weight excluding hydrogens is 272 g/mol. The fourth-order valence-electron chi connectivity index (χ4n) is 1.86. The van der Waals surface area contributed by atoms with E-state index in [1.165, 1.54) is 5.38 Å². The van der Waals surface area contributed by atoms with Crippen LogP contribution in [0.4, 0.5) is 17.6 Å². The van der Waals surface area contributed by atoms with Gasteiger partial charge in [0.2, 0.25) is 0 Å². The lowest BCUT2D eigenvalue weighted by atomic mass is 10.1. The Bertz CT molecular complexity index is 619. The van der Waals surface area contributed by atoms with Gasteiger partial charge in [-0.3, -0.25) is 0 Å². The third-order valence-electron chi connectivity index (χ3n) is 2.69. The minimum atomic E-state index is -1.82. The topological polar surface area (TPSA) is 18.5 Å². The molecule has 0 radical (unpaired) electrons. The SMILES string of the molecule is Fc1c(F)c(F)c2c(C3OCCO3)scc2c1F. The molecule has 1 saturated heterocycles. The second-order valence-corrected chi connectivity index (χ2v) is 4.63. The highest BCUT2D eigenvalue weighted by Gasteiger charge is 2.29. The maximum atomic E-state index is 13.7. The molecule has 1 fully saturated rings. The van der Waals surface area contributed by atoms with Crippen LogP contribution in [0.5, 0.6) is 0 Å². The fraction of sp³-hybridized carbons (Fsp3) is 0.273. The first-order valence-electron chi connectivity index (χ1n) is 5.07. The summed E-state index contributed by atoms with van der Waals surface area (Å²) in [6.45, 7) is 0.635. The van der Waals surface area contributed by atoms with E-state index < -0.39 is 29.6 Å². The average Bonchev–Trinajstić information content (AvgIpc) is 3.01. The van der Waals surface area contributed by atoms with Gasteiger partial charge in [0, 0.05) is 16.2 Å². The Morgan fingerprint density at radius 1 is 0.944 bits per heavy atom. The number of fused-ring (bicyclic) bond motifs is 1. The standard InChI is InChI=1S/C11H6F4O2S/c12-6-4-3-18-10(11-16-1-2-17-11)5(4)7(13)9(15)8(6)14/h3,11H,1-2H2. The molecule has 1 aliphatic rings. The van der Waals surface area contributed by atoms with Crippen LogP contribution in [0, 0.1) is 23.3 Å². The molecule has 18 heavy (non-hydrogen) atoms. The van der Waals surface area contributed by atoms with Crippen molar-refractivity contribution in [2.45, 2.75) is 6.29 Å². The molecule has 0 atom stereocenters. The Hall–Kier alpha value is -1.18. The maximum Gasteiger partial charge on any atom is 0.198 e. The quantitative estimate of drug-likeness (QED) is 0.451. The number of halogens is 4. The Morgan fingerprint density at radius 2 is 1.56 bits per heavy atom. The Balaban J connectivity index is 2.29. The van der Waals surface area contributed by atoms with Crippen molar-refractivity contribution in [1.82, 2.24) is 0 Å². The van der Waals surface area contributed by atoms with Gasteiger partial charge >= 0.3 is 0 Å². The smallest absolute Gasteiger partial charge is 0.198 e. The summed E-state index contributed by atoms with van der Waals surface area (Å²) in [6.07, 6.45) is -0.855. The Morgan fingerprint density at radius 3 is 2.22 bits per heavy atom. The zero-order valence-electron chi connectivity index (χ0n) is 8.81. The average molecular weight is 278 g/mol. The van der Waals surface area contributed by atoms with Gasteiger partial charge in [-0.15, -0.1) is 11.3 Å². The number of rotatable bonds is 1. The number of ether oxygens (including phenoxy) is 2. The van der Waals surface area contributed by atoms with Crippen molar-refractivity contribution < 1.29 is 27.0 Å². The van der Waals surface area contributed by atoms with Crippen molar-refractivity contribution in [2.75, 3.05) is 13.2 Å². The van der Waals surface area contributed by atoms with Crippen LogP contribution in [-0.4, -0.2) is 13.2 Å². The molecule has 0 aliphatic carbocycles. The number of thiophene rings is 1. The molecule has 0 unspecified atom stereocenters. The van der Waals surface area contributed by atoms with E-state index in [0.29, 0.717) is 13.2 Å². The molecule has 0 bridgehead atoms. The van der Waals surface area contributed by atoms with Crippen LogP contribution in [-0.2, 0) is 9.47 Å². The number of hydrogen-bond donors (Lipinski definition) is 0. The van der Waals surface area contributed by atoms with Gasteiger partial charge in [0.1, 0.15) is 0 Å². The predicted molar refractivity (Wildman–Crippen MR) is 56.3 cm³/mol. The van der Waals surface area contributed by atoms with E-state index in [4.69, 9.17) is 9.47 Å². The van der Waals surface area contributed by atoms with E-state index in [-0.39, 0.29) is 15.6 Å². The molecule has 0 spiro atoms. The van der Waals surface area contributed by atoms with Crippen molar-refractivity contribution in [3.05, 3.63) is 33.5 Å². The van der Waals surface area contributed by atoms with Gasteiger partial charge in [-0.1, -0.05) is 0 Å². The molecule has 3 rings (SSSR count). The Kier molecular flexibility index (Phi) is 2.76. The van der Waals surface area contributed by atoms with Crippen LogP contribution in [0.2, 0.25) is 0 Å². The summed E-state index contributed by atoms with van der Waals surface area (Å²) in [7, 11) is 0. The van der Waals surface area contributed by atoms with Crippen LogP contribution >= 0.6 is 11.3 Å². The summed E-state index contributed by atoms with van der Waals surface area (Å²) in [5, 5.41) is 0.602. The molecule has 2 nitrogen and oxygen atoms in total. The van der Waals surface area contributed by atoms with Gasteiger partial charge in [0.05, 0.1) is 18.1 Å². The normalized spacial score (nSPS) is 16.9. The van der Waals surface area contributed by atoms with E-state index in [1.807, 2.05) is 0 Å². The van der Waals surface area contributed by atoms with Crippen LogP contribution in [0.1, 0.15) is 11.2 Å². The van der Waals surface area contributed by atoms with Gasteiger partial charge in [-0.05, 0) is 0 Å². The highest BCUT2D eigenvalue weighted by atomic mass is 32.1. The van der Waals surface area contributed by atoms with Crippen LogP contribution in [0.3, 0.4) is 0 Å². The van der Waals surface area contributed by atoms with Gasteiger partial charge in [0.15, 0.2) is 29.6 Å². The zero-order valence-corrected chi connectivity index (χ0v) is 9.62. The predicted octanol–water partition coefficient (Wildman–Crippen LogP) is 3.50. The van der Waals surface area contributed by atoms with E-state index in [2.05, 4.69) is 0 Å². The molecule has 0 saturated carbocycles. The van der Waals surface area contributed by atoms with Gasteiger partial charge in [-0.2, -0.15) is 0 Å². The third kappa shape index (κ3) is 1.54. The molecule has 2 heterocycles. The van der Waals surface area contributed by atoms with Crippen LogP contribution in [0.15, 0.2) is 5.38 Å². The van der Waals surface area contributed by atoms with Crippen molar-refractivity contribution in [3.8, 4) is 0 Å². The molecule has 0 N–H and O–H groups in total. The summed E-state index contributed by atoms with van der Waals surface area (Å²) in [5.74, 6) is -6.45. The second-order valence-electron chi connectivity index (χ2n) is 3.72. The van der Waals surface area contributed by atoms with Crippen molar-refractivity contribution >= 4 is 22.1 Å². The van der Waals surface area contributed by atoms with Crippen LogP contribution in [0.25, 0.3) is 10.8 Å². The van der Waals surface area contributed by atoms with E-state index in [9.17, 15) is 17.6 Å². The summed E-state index contributed by atoms with van der Waals surface area (Å²) in [6, 6.07) is 0. The van der Waals surface area contributed by atoms with Crippen LogP contribution < -0.4 is 0 Å². The molecular formula is C11H6F4O2S. The van der Waals surface area contributed by atoms with Crippen molar-refractivity contribution in [2.24, 2.45) is 0 Å². The Labute approximate surface area is 103 Å². The molecule has 1 aliphatic heterocycles. The molecule has 2 aromatic rings. The third-order valence-corrected chi connectivity index (χ3v) is 3.69. The fourth-order valence-corrected chi connectivity index (χ4v) is 2.90. The first-order chi connectivity index (χ1) is 8.61. The van der Waals surface area contributed by atoms with Gasteiger partial charge < -0.3 is 9.47 Å². The summed E-state index contributed by atoms with van der Waals surface area (Å²) in [4.78, 5) is 0.206. The molecule has 1 aromatic heterocycles. The lowest BCUT2D eigenvalue weighted by Gasteiger charge is -2.08. The number of hydrogen-bond acceptors (Lipinski definition) is 3. The summed E-state index contributed by atoms with van der Waals surface area (Å²) < 4.78 is 63.7. The monoisotopic (exact) mass is 278 g/mol. The lowest BCUT2D eigenvalue weighted by Crippen LogP contribution is -2.01. The zero-order chi connectivity index (χ0) is 12.9. The van der Waals surface area contributed by atoms with E-state index in [1.54, 1.807) is 0 Å². The minimum Gasteiger partial charge on any atom is -0.345 e. The van der Waals surface area contributed by atoms with E-state index in [0.717, 1.165) is 11.3 Å². The minimum absolute atomic E-state index is 0.206. The first-order valence-corrected chi connectivity index (χ1v) is 5.95. The second kappa shape index (κ2) is 4.18. The molecule has 0 amide bonds. The first kappa shape index (κ1) is 11.9. The van der Waals surface area contributed by atoms with Crippen molar-refractivity contribution in [1.29, 1.82) is 0 Å². The van der Waals surface area contributed by atoms with Gasteiger partial charge in [-0.25, -0.2) is 17.6 Å². The van der Waals surface area contributed by atoms with Crippen molar-refractivity contribution in [3.63, 3.8) is 0 Å². The molecule has 96 valence electrons. The summed E-state index contributed by atoms with van der Waals surface area (Å²) in [5.41, 5.74) is 0. The highest BCUT2D eigenvalue weighted by molar-refractivity contribution is 7.11. The maximum absolute atomic E-state index is 13.7. The summed E-state index contributed by atoms with van der Waals surface area (Å²) >= 11 is 0.942. The van der Waals surface area contributed by atoms with Gasteiger partial charge in [0.25, 0.3) is 0 Å². The largest absolute Gasteiger partial charge is 0.345 e. The molecule has 7 heteroatoms. The highest BCUT2D eigenvalue weighted by Crippen LogP contribution is 2.39. The molecule has 1 aromatic carbocycles. The number of benzene rings is 1. The lowest BCUT2D eigenvalue weighted by molar-refractivity contribution is -0.0404.